The smallest absolute Gasteiger partial charge is 0.512 e. The van der Waals surface area contributed by atoms with E-state index in [4.69, 9.17) is 44.5 Å². The summed E-state index contributed by atoms with van der Waals surface area (Å²) in [7, 11) is -5.84. The Kier molecular flexibility index (Phi) is 13.6. The van der Waals surface area contributed by atoms with Crippen molar-refractivity contribution < 1.29 is 92.7 Å². The maximum absolute atomic E-state index is 10.7. The Hall–Kier alpha value is -6.05. The molecule has 2 unspecified atom stereocenters. The van der Waals surface area contributed by atoms with Crippen LogP contribution in [0.4, 0.5) is 13.2 Å². The van der Waals surface area contributed by atoms with Gasteiger partial charge in [-0.3, -0.25) is 19.3 Å². The third-order valence-electron chi connectivity index (χ3n) is 14.8. The van der Waals surface area contributed by atoms with Gasteiger partial charge in [0.05, 0.1) is 28.4 Å². The number of carbonyl (C=O) groups is 1. The molecular weight excluding hydrogens is 1380 g/mol. The molecule has 2 aliphatic rings. The van der Waals surface area contributed by atoms with Crippen molar-refractivity contribution in [3.05, 3.63) is 194 Å². The summed E-state index contributed by atoms with van der Waals surface area (Å²) in [6.45, 7) is 4.76. The van der Waals surface area contributed by atoms with Crippen molar-refractivity contribution in [1.29, 1.82) is 0 Å². The van der Waals surface area contributed by atoms with E-state index < -0.39 is 64.7 Å². The molecule has 6 aromatic carbocycles. The van der Waals surface area contributed by atoms with Crippen molar-refractivity contribution in [1.82, 2.24) is 18.8 Å². The number of allylic oxidation sites excluding steroid dienone is 2. The molecule has 1 radical (unpaired) electrons. The largest absolute Gasteiger partial charge is 3.00 e. The van der Waals surface area contributed by atoms with Gasteiger partial charge >= 0.3 is 35.7 Å². The van der Waals surface area contributed by atoms with E-state index in [2.05, 4.69) is 12.1 Å². The first kappa shape index (κ1) is 47.7. The quantitative estimate of drug-likeness (QED) is 0.0450. The van der Waals surface area contributed by atoms with Crippen LogP contribution < -0.4 is 0 Å². The minimum absolute atomic E-state index is 0. The number of hydrogen-bond acceptors (Lipinski definition) is 6. The second-order valence-electron chi connectivity index (χ2n) is 20.2. The number of halogens is 3. The van der Waals surface area contributed by atoms with Crippen LogP contribution in [-0.4, -0.2) is 48.1 Å². The summed E-state index contributed by atoms with van der Waals surface area (Å²) >= 11 is 0. The number of benzene rings is 6. The van der Waals surface area contributed by atoms with Crippen LogP contribution >= 0.6 is 0 Å². The first-order valence-corrected chi connectivity index (χ1v) is 25.1. The summed E-state index contributed by atoms with van der Waals surface area (Å²) in [6.07, 6.45) is 1.17. The van der Waals surface area contributed by atoms with E-state index in [-0.39, 0.29) is 77.7 Å². The van der Waals surface area contributed by atoms with Gasteiger partial charge in [-0.2, -0.15) is 21.6 Å². The van der Waals surface area contributed by atoms with Gasteiger partial charge in [-0.15, -0.1) is 59.3 Å². The van der Waals surface area contributed by atoms with E-state index in [9.17, 15) is 18.0 Å². The first-order valence-electron chi connectivity index (χ1n) is 29.7. The molecule has 0 fully saturated rings. The van der Waals surface area contributed by atoms with Crippen LogP contribution in [0.25, 0.3) is 77.2 Å². The van der Waals surface area contributed by atoms with Gasteiger partial charge in [-0.1, -0.05) is 162 Å². The molecule has 12 rings (SSSR count). The zero-order valence-electron chi connectivity index (χ0n) is 56.7. The Morgan fingerprint density at radius 1 is 0.633 bits per heavy atom. The average Bonchev–Trinajstić information content (AvgIpc) is 1.66. The molecule has 0 saturated heterocycles. The second kappa shape index (κ2) is 22.5. The number of nitrogens with zero attached hydrogens (tertiary/aromatic N) is 4. The number of carbonyl (C=O) groups excluding carboxylic acids is 1. The number of fused-ring (bicyclic) bond motifs is 6. The van der Waals surface area contributed by atoms with Gasteiger partial charge in [-0.25, -0.2) is 0 Å². The zero-order chi connectivity index (χ0) is 64.5. The standard InChI is InChI=1S/2C28H25N2.C5H8O2.CHF3O3S.2CH3.2Ir/c2*1-17-15-16-21-24-22(17)19-13-9-10-14-20(19)26-29-23(18-11-7-6-8-12-18)25(30(24)26)28(4,5)27(21,2)3;1-4(6)3-5(2)7;2-1(3,4)8(5,6)7;;;;/h2*6-13,15-16H,1-5H3;3,6H,1-2H3;(H,5,6,7);2*1H3;;/q2*-1;;;2*-1;;+3/i2*1D3,4D3;;;;;;. The number of hydrogen-bond donors (Lipinski definition) is 2. The molecule has 9 nitrogen and oxygen atoms in total. The van der Waals surface area contributed by atoms with Gasteiger partial charge in [0, 0.05) is 97.8 Å². The Bertz CT molecular complexity index is 4330. The fraction of sp³-hybridized carbons (Fsp3) is 0.266. The Morgan fingerprint density at radius 3 is 1.29 bits per heavy atom. The normalized spacial score (nSPS) is 20.4. The summed E-state index contributed by atoms with van der Waals surface area (Å²) in [5, 5.41) is 12.4. The van der Waals surface area contributed by atoms with E-state index in [1.54, 1.807) is 50.2 Å². The third kappa shape index (κ3) is 10.3. The summed E-state index contributed by atoms with van der Waals surface area (Å²) in [4.78, 5) is 20.2. The van der Waals surface area contributed by atoms with Gasteiger partial charge in [0.2, 0.25) is 0 Å². The van der Waals surface area contributed by atoms with Crippen LogP contribution in [0.15, 0.2) is 133 Å². The summed E-state index contributed by atoms with van der Waals surface area (Å²) in [6, 6.07) is 43.7. The molecule has 0 amide bonds. The van der Waals surface area contributed by atoms with Crippen LogP contribution in [-0.2, 0) is 76.8 Å². The zero-order valence-corrected chi connectivity index (χ0v) is 50.3. The molecule has 6 heterocycles. The summed E-state index contributed by atoms with van der Waals surface area (Å²) in [5.74, 6) is -0.0625. The molecule has 2 N–H and O–H groups in total. The SMILES string of the molecule is CC(=O)C=C(C)O.O=S(=O)(O)C(F)(F)F.[2H]C([2H])([2H])c1ccc2c3c1c1ccc[c-]c1c1nc(-c4ccccc4)c(n13)C(C)(C([2H])([2H])[2H])C2(C)C.[2H]C([2H])([2H])c1ccc2c3c1c1ccc[c-]c1c1nc(-c4ccccc4)c(n13)C(C)(C([2H])([2H])[2H])C2(C)C.[CH3-].[CH3-].[Ir+3].[Ir]. The van der Waals surface area contributed by atoms with Crippen molar-refractivity contribution >= 4 is 70.5 Å². The second-order valence-corrected chi connectivity index (χ2v) is 21.6. The number of aromatic nitrogens is 4. The number of rotatable bonds is 3. The molecule has 10 aromatic rings. The van der Waals surface area contributed by atoms with E-state index in [1.165, 1.54) is 19.9 Å². The fourth-order valence-corrected chi connectivity index (χ4v) is 10.4. The minimum atomic E-state index is -5.84. The molecule has 15 heteroatoms. The molecule has 417 valence electrons. The number of ketones is 1. The number of aliphatic hydroxyl groups is 1. The van der Waals surface area contributed by atoms with Gasteiger partial charge in [-0.05, 0) is 49.5 Å². The Balaban J connectivity index is 0.000000261. The predicted octanol–water partition coefficient (Wildman–Crippen LogP) is 16.3. The molecule has 0 saturated carbocycles. The maximum Gasteiger partial charge on any atom is 3.00 e. The van der Waals surface area contributed by atoms with Gasteiger partial charge in [0.1, 0.15) is 0 Å². The van der Waals surface area contributed by atoms with Crippen LogP contribution in [0.5, 0.6) is 0 Å². The van der Waals surface area contributed by atoms with E-state index in [1.807, 2.05) is 121 Å². The van der Waals surface area contributed by atoms with Crippen molar-refractivity contribution in [2.75, 3.05) is 0 Å². The van der Waals surface area contributed by atoms with Crippen LogP contribution in [0, 0.1) is 40.7 Å². The van der Waals surface area contributed by atoms with Gasteiger partial charge in [0.25, 0.3) is 0 Å². The number of aryl methyl sites for hydroxylation is 2. The minimum Gasteiger partial charge on any atom is -0.512 e. The van der Waals surface area contributed by atoms with E-state index in [0.29, 0.717) is 66.6 Å². The first-order chi connectivity index (χ1) is 40.0. The van der Waals surface area contributed by atoms with Crippen molar-refractivity contribution in [3.8, 4) is 22.5 Å². The third-order valence-corrected chi connectivity index (χ3v) is 15.4. The summed E-state index contributed by atoms with van der Waals surface area (Å²) in [5.41, 5.74) is -1.30. The van der Waals surface area contributed by atoms with Crippen LogP contribution in [0.2, 0.25) is 0 Å². The molecule has 2 aliphatic heterocycles. The average molecular weight is 1460 g/mol. The fourth-order valence-electron chi connectivity index (χ4n) is 10.4. The van der Waals surface area contributed by atoms with Gasteiger partial charge in [0.15, 0.2) is 5.78 Å². The topological polar surface area (TPSA) is 126 Å². The Labute approximate surface area is 505 Å². The van der Waals surface area contributed by atoms with E-state index >= 15 is 0 Å². The Morgan fingerprint density at radius 2 is 1.00 bits per heavy atom. The monoisotopic (exact) mass is 1460 g/mol. The van der Waals surface area contributed by atoms with Crippen molar-refractivity contribution in [3.63, 3.8) is 0 Å². The van der Waals surface area contributed by atoms with Gasteiger partial charge < -0.3 is 28.8 Å². The predicted molar refractivity (Wildman–Crippen MR) is 308 cm³/mol. The van der Waals surface area contributed by atoms with E-state index in [0.717, 1.165) is 33.0 Å². The summed E-state index contributed by atoms with van der Waals surface area (Å²) < 4.78 is 164. The number of pyridine rings is 2. The molecular formula is C64H65F3Ir2N4O5S-. The number of imidazole rings is 2. The molecule has 0 bridgehead atoms. The number of alkyl halides is 3. The van der Waals surface area contributed by atoms with Crippen molar-refractivity contribution in [2.24, 2.45) is 0 Å². The van der Waals surface area contributed by atoms with Crippen LogP contribution in [0.1, 0.15) is 119 Å². The molecule has 79 heavy (non-hydrogen) atoms. The molecule has 4 aromatic heterocycles. The number of aliphatic hydroxyl groups excluding tert-OH is 1. The van der Waals surface area contributed by atoms with Crippen LogP contribution in [0.3, 0.4) is 0 Å². The maximum atomic E-state index is 10.7. The molecule has 2 atom stereocenters. The molecule has 0 spiro atoms. The molecule has 0 aliphatic carbocycles. The van der Waals surface area contributed by atoms with Crippen molar-refractivity contribution in [2.45, 2.75) is 110 Å².